The summed E-state index contributed by atoms with van der Waals surface area (Å²) in [4.78, 5) is 0. The van der Waals surface area contributed by atoms with Crippen molar-refractivity contribution in [1.29, 1.82) is 0 Å². The average molecular weight is 497 g/mol. The summed E-state index contributed by atoms with van der Waals surface area (Å²) in [7, 11) is 0. The molecule has 4 aliphatic rings. The zero-order chi connectivity index (χ0) is 25.6. The van der Waals surface area contributed by atoms with E-state index in [0.29, 0.717) is 22.7 Å². The Morgan fingerprint density at radius 1 is 0.838 bits per heavy atom. The van der Waals surface area contributed by atoms with Crippen LogP contribution in [0, 0.1) is 40.4 Å². The maximum absolute atomic E-state index is 10.4. The topological polar surface area (TPSA) is 20.2 Å². The van der Waals surface area contributed by atoms with Gasteiger partial charge >= 0.3 is 0 Å². The van der Waals surface area contributed by atoms with Crippen LogP contribution in [0.4, 0.5) is 0 Å². The van der Waals surface area contributed by atoms with Gasteiger partial charge in [0, 0.05) is 5.92 Å². The summed E-state index contributed by atoms with van der Waals surface area (Å²) >= 11 is 0. The van der Waals surface area contributed by atoms with E-state index in [-0.39, 0.29) is 6.10 Å². The maximum Gasteiger partial charge on any atom is 0.0543 e. The molecule has 0 aromatic heterocycles. The van der Waals surface area contributed by atoms with Crippen molar-refractivity contribution in [2.75, 3.05) is 0 Å². The Kier molecular flexibility index (Phi) is 6.89. The Bertz CT molecular complexity index is 1050. The number of hydrogen-bond acceptors (Lipinski definition) is 1. The van der Waals surface area contributed by atoms with E-state index >= 15 is 0 Å². The number of rotatable bonds is 6. The Morgan fingerprint density at radius 2 is 1.51 bits per heavy atom. The van der Waals surface area contributed by atoms with Gasteiger partial charge in [-0.05, 0) is 116 Å². The van der Waals surface area contributed by atoms with Gasteiger partial charge in [-0.25, -0.2) is 0 Å². The van der Waals surface area contributed by atoms with Gasteiger partial charge in [-0.2, -0.15) is 0 Å². The van der Waals surface area contributed by atoms with Crippen molar-refractivity contribution in [3.63, 3.8) is 0 Å². The second kappa shape index (κ2) is 10.0. The van der Waals surface area contributed by atoms with Crippen LogP contribution in [0.5, 0.6) is 0 Å². The highest BCUT2D eigenvalue weighted by Crippen LogP contribution is 2.66. The molecule has 0 radical (unpaired) electrons. The molecular formula is C36H48O. The molecule has 4 aliphatic carbocycles. The van der Waals surface area contributed by atoms with E-state index in [1.165, 1.54) is 62.5 Å². The van der Waals surface area contributed by atoms with Crippen LogP contribution in [0.25, 0.3) is 0 Å². The van der Waals surface area contributed by atoms with E-state index in [2.05, 4.69) is 87.5 Å². The molecule has 0 saturated heterocycles. The third-order valence-corrected chi connectivity index (χ3v) is 12.1. The molecular weight excluding hydrogens is 448 g/mol. The predicted molar refractivity (Wildman–Crippen MR) is 154 cm³/mol. The summed E-state index contributed by atoms with van der Waals surface area (Å²) in [6, 6.07) is 22.4. The number of hydrogen-bond donors (Lipinski definition) is 1. The Balaban J connectivity index is 1.19. The lowest BCUT2D eigenvalue weighted by molar-refractivity contribution is -0.0158. The van der Waals surface area contributed by atoms with Gasteiger partial charge in [-0.3, -0.25) is 0 Å². The largest absolute Gasteiger partial charge is 0.393 e. The normalized spacial score (nSPS) is 37.9. The van der Waals surface area contributed by atoms with Gasteiger partial charge in [0.25, 0.3) is 0 Å². The highest BCUT2D eigenvalue weighted by Gasteiger charge is 2.57. The highest BCUT2D eigenvalue weighted by atomic mass is 16.3. The molecule has 0 aliphatic heterocycles. The minimum atomic E-state index is -0.0589. The third kappa shape index (κ3) is 4.44. The van der Waals surface area contributed by atoms with Gasteiger partial charge in [0.15, 0.2) is 0 Å². The van der Waals surface area contributed by atoms with Crippen molar-refractivity contribution in [2.45, 2.75) is 97.0 Å². The highest BCUT2D eigenvalue weighted by molar-refractivity contribution is 5.32. The van der Waals surface area contributed by atoms with Gasteiger partial charge < -0.3 is 5.11 Å². The van der Waals surface area contributed by atoms with E-state index in [9.17, 15) is 5.11 Å². The van der Waals surface area contributed by atoms with E-state index in [0.717, 1.165) is 36.5 Å². The summed E-state index contributed by atoms with van der Waals surface area (Å²) < 4.78 is 0. The van der Waals surface area contributed by atoms with Crippen LogP contribution < -0.4 is 0 Å². The summed E-state index contributed by atoms with van der Waals surface area (Å²) in [5.74, 6) is 4.45. The van der Waals surface area contributed by atoms with Gasteiger partial charge in [-0.1, -0.05) is 93.1 Å². The van der Waals surface area contributed by atoms with Crippen LogP contribution in [0.3, 0.4) is 0 Å². The van der Waals surface area contributed by atoms with Crippen molar-refractivity contribution < 1.29 is 5.11 Å². The quantitative estimate of drug-likeness (QED) is 0.395. The Hall–Kier alpha value is -1.86. The summed E-state index contributed by atoms with van der Waals surface area (Å²) in [6.07, 6.45) is 15.3. The maximum atomic E-state index is 10.4. The molecule has 2 aromatic rings. The first-order chi connectivity index (χ1) is 17.9. The van der Waals surface area contributed by atoms with Crippen molar-refractivity contribution in [1.82, 2.24) is 0 Å². The molecule has 198 valence electrons. The molecule has 0 bridgehead atoms. The second-order valence-corrected chi connectivity index (χ2v) is 13.8. The standard InChI is InChI=1S/C36H48O/c1-25(14-16-30(26-10-6-4-7-11-26)27-12-8-5-9-13-27)32-18-19-33-31-17-15-28-24-29(37)20-22-35(28,2)34(31)21-23-36(32,33)3/h4-13,21,25,28-33,37H,14-20,22-24H2,1-3H3/t25-,28-,29-,31+,32+,33-,35+,36-/m1/s1. The number of allylic oxidation sites excluding steroid dienone is 2. The molecule has 37 heavy (non-hydrogen) atoms. The van der Waals surface area contributed by atoms with Crippen LogP contribution >= 0.6 is 0 Å². The molecule has 6 rings (SSSR count). The Morgan fingerprint density at radius 3 is 2.19 bits per heavy atom. The number of benzene rings is 2. The van der Waals surface area contributed by atoms with Crippen molar-refractivity contribution in [2.24, 2.45) is 40.4 Å². The number of fused-ring (bicyclic) bond motifs is 5. The van der Waals surface area contributed by atoms with Gasteiger partial charge in [0.05, 0.1) is 6.10 Å². The molecule has 3 fully saturated rings. The predicted octanol–water partition coefficient (Wildman–Crippen LogP) is 9.17. The summed E-state index contributed by atoms with van der Waals surface area (Å²) in [5, 5.41) is 10.4. The van der Waals surface area contributed by atoms with Crippen molar-refractivity contribution in [3.05, 3.63) is 83.4 Å². The molecule has 1 N–H and O–H groups in total. The van der Waals surface area contributed by atoms with Crippen molar-refractivity contribution >= 4 is 0 Å². The van der Waals surface area contributed by atoms with Gasteiger partial charge in [0.2, 0.25) is 0 Å². The van der Waals surface area contributed by atoms with Crippen LogP contribution in [0.2, 0.25) is 0 Å². The van der Waals surface area contributed by atoms with Crippen LogP contribution in [0.1, 0.15) is 102 Å². The second-order valence-electron chi connectivity index (χ2n) is 13.8. The lowest BCUT2D eigenvalue weighted by Gasteiger charge is -2.57. The zero-order valence-corrected chi connectivity index (χ0v) is 23.4. The molecule has 0 unspecified atom stereocenters. The van der Waals surface area contributed by atoms with Gasteiger partial charge in [0.1, 0.15) is 0 Å². The van der Waals surface area contributed by atoms with Crippen LogP contribution in [-0.2, 0) is 0 Å². The summed E-state index contributed by atoms with van der Waals surface area (Å²) in [6.45, 7) is 7.81. The van der Waals surface area contributed by atoms with E-state index < -0.39 is 0 Å². The van der Waals surface area contributed by atoms with Crippen molar-refractivity contribution in [3.8, 4) is 0 Å². The first-order valence-electron chi connectivity index (χ1n) is 15.4. The lowest BCUT2D eigenvalue weighted by Crippen LogP contribution is -2.48. The number of aliphatic hydroxyl groups is 1. The monoisotopic (exact) mass is 496 g/mol. The van der Waals surface area contributed by atoms with Crippen LogP contribution in [0.15, 0.2) is 72.3 Å². The van der Waals surface area contributed by atoms with E-state index in [1.54, 1.807) is 0 Å². The molecule has 0 spiro atoms. The molecule has 3 saturated carbocycles. The molecule has 0 heterocycles. The minimum absolute atomic E-state index is 0.0589. The number of aliphatic hydroxyl groups excluding tert-OH is 1. The minimum Gasteiger partial charge on any atom is -0.393 e. The molecule has 2 aromatic carbocycles. The molecule has 1 heteroatoms. The zero-order valence-electron chi connectivity index (χ0n) is 23.4. The molecule has 1 nitrogen and oxygen atoms in total. The fraction of sp³-hybridized carbons (Fsp3) is 0.611. The van der Waals surface area contributed by atoms with Crippen LogP contribution in [-0.4, -0.2) is 11.2 Å². The Labute approximate surface area is 225 Å². The van der Waals surface area contributed by atoms with E-state index in [1.807, 2.05) is 5.57 Å². The van der Waals surface area contributed by atoms with Gasteiger partial charge in [-0.15, -0.1) is 0 Å². The average Bonchev–Trinajstić information content (AvgIpc) is 3.28. The fourth-order valence-corrected chi connectivity index (χ4v) is 10.0. The first kappa shape index (κ1) is 25.4. The SMILES string of the molecule is C[C@H](CCC(c1ccccc1)c1ccccc1)[C@@H]1CC[C@@H]2[C@@H]3CC[C@@H]4C[C@H](O)CC[C@]4(C)C3=CC[C@@]21C. The molecule has 0 amide bonds. The lowest BCUT2D eigenvalue weighted by atomic mass is 9.48. The molecule has 8 atom stereocenters. The van der Waals surface area contributed by atoms with E-state index in [4.69, 9.17) is 0 Å². The first-order valence-corrected chi connectivity index (χ1v) is 15.4. The summed E-state index contributed by atoms with van der Waals surface area (Å²) in [5.41, 5.74) is 5.55. The fourth-order valence-electron chi connectivity index (χ4n) is 10.0. The smallest absolute Gasteiger partial charge is 0.0543 e. The third-order valence-electron chi connectivity index (χ3n) is 12.1.